The Morgan fingerprint density at radius 3 is 1.80 bits per heavy atom. The third-order valence-corrected chi connectivity index (χ3v) is 3.93. The first-order valence-corrected chi connectivity index (χ1v) is 7.24. The van der Waals surface area contributed by atoms with Crippen LogP contribution >= 0.6 is 0 Å². The van der Waals surface area contributed by atoms with Crippen LogP contribution in [0.15, 0.2) is 24.3 Å². The van der Waals surface area contributed by atoms with Crippen LogP contribution in [-0.4, -0.2) is 17.5 Å². The van der Waals surface area contributed by atoms with Crippen molar-refractivity contribution in [3.8, 4) is 0 Å². The molecule has 1 aliphatic rings. The zero-order valence-electron chi connectivity index (χ0n) is 13.8. The lowest BCUT2D eigenvalue weighted by Crippen LogP contribution is -2.46. The van der Waals surface area contributed by atoms with E-state index in [-0.39, 0.29) is 23.5 Å². The molecule has 3 nitrogen and oxygen atoms in total. The highest BCUT2D eigenvalue weighted by Gasteiger charge is 2.50. The van der Waals surface area contributed by atoms with E-state index in [1.54, 1.807) is 0 Å². The molecule has 0 bridgehead atoms. The molecule has 0 saturated heterocycles. The van der Waals surface area contributed by atoms with Crippen LogP contribution in [0.5, 0.6) is 0 Å². The molecule has 0 aromatic heterocycles. The average molecular weight is 277 g/mol. The molecule has 0 unspecified atom stereocenters. The van der Waals surface area contributed by atoms with Gasteiger partial charge in [-0.25, -0.2) is 0 Å². The summed E-state index contributed by atoms with van der Waals surface area (Å²) in [6, 6.07) is 8.55. The molecule has 0 spiro atoms. The Morgan fingerprint density at radius 2 is 1.40 bits per heavy atom. The summed E-state index contributed by atoms with van der Waals surface area (Å²) in [5, 5.41) is 2.07. The van der Waals surface area contributed by atoms with Crippen molar-refractivity contribution in [2.24, 2.45) is 0 Å². The molecule has 0 N–H and O–H groups in total. The van der Waals surface area contributed by atoms with E-state index in [0.717, 1.165) is 0 Å². The van der Waals surface area contributed by atoms with Gasteiger partial charge in [-0.2, -0.15) is 5.06 Å². The Balaban J connectivity index is 2.22. The van der Waals surface area contributed by atoms with E-state index in [1.807, 2.05) is 20.8 Å². The smallest absolute Gasteiger partial charge is 0.167 e. The number of nitrogens with zero attached hydrogens (tertiary/aromatic N) is 1. The maximum atomic E-state index is 6.00. The number of fused-ring (bicyclic) bond motifs is 1. The molecule has 0 amide bonds. The van der Waals surface area contributed by atoms with Gasteiger partial charge in [0.05, 0.1) is 16.7 Å². The molecule has 2 rings (SSSR count). The average Bonchev–Trinajstić information content (AvgIpc) is 2.46. The number of rotatable bonds is 3. The largest absolute Gasteiger partial charge is 0.348 e. The van der Waals surface area contributed by atoms with Crippen LogP contribution in [0.3, 0.4) is 0 Å². The van der Waals surface area contributed by atoms with Crippen LogP contribution in [0.2, 0.25) is 0 Å². The van der Waals surface area contributed by atoms with Crippen LogP contribution < -0.4 is 0 Å². The highest BCUT2D eigenvalue weighted by molar-refractivity contribution is 5.42. The predicted molar refractivity (Wildman–Crippen MR) is 81.1 cm³/mol. The lowest BCUT2D eigenvalue weighted by atomic mass is 9.91. The van der Waals surface area contributed by atoms with E-state index < -0.39 is 0 Å². The maximum absolute atomic E-state index is 6.00. The standard InChI is InChI=1S/C17H27NO2/c1-15(2,3)19-12-20-18-16(4,5)13-10-8-9-11-14(13)17(18,6)7/h8-11H,12H2,1-7H3. The minimum atomic E-state index is -0.194. The summed E-state index contributed by atoms with van der Waals surface area (Å²) < 4.78 is 5.71. The third-order valence-electron chi connectivity index (χ3n) is 3.93. The summed E-state index contributed by atoms with van der Waals surface area (Å²) in [5.74, 6) is 0. The zero-order valence-corrected chi connectivity index (χ0v) is 13.8. The normalized spacial score (nSPS) is 20.9. The summed E-state index contributed by atoms with van der Waals surface area (Å²) in [4.78, 5) is 6.00. The SMILES string of the molecule is CC(C)(C)OCON1C(C)(C)c2ccccc2C1(C)C. The van der Waals surface area contributed by atoms with Gasteiger partial charge in [0.2, 0.25) is 0 Å². The van der Waals surface area contributed by atoms with E-state index in [0.29, 0.717) is 0 Å². The first kappa shape index (κ1) is 15.5. The van der Waals surface area contributed by atoms with Crippen molar-refractivity contribution in [1.82, 2.24) is 5.06 Å². The van der Waals surface area contributed by atoms with Gasteiger partial charge in [-0.1, -0.05) is 24.3 Å². The molecule has 1 heterocycles. The molecule has 0 radical (unpaired) electrons. The predicted octanol–water partition coefficient (Wildman–Crippen LogP) is 4.18. The lowest BCUT2D eigenvalue weighted by Gasteiger charge is -2.39. The summed E-state index contributed by atoms with van der Waals surface area (Å²) in [6.07, 6.45) is 0. The molecular weight excluding hydrogens is 250 g/mol. The van der Waals surface area contributed by atoms with Crippen molar-refractivity contribution in [1.29, 1.82) is 0 Å². The molecule has 0 atom stereocenters. The van der Waals surface area contributed by atoms with Crippen molar-refractivity contribution >= 4 is 0 Å². The van der Waals surface area contributed by atoms with Crippen LogP contribution in [-0.2, 0) is 20.7 Å². The lowest BCUT2D eigenvalue weighted by molar-refractivity contribution is -0.313. The Bertz CT molecular complexity index is 451. The maximum Gasteiger partial charge on any atom is 0.167 e. The molecular formula is C17H27NO2. The molecule has 0 aliphatic carbocycles. The van der Waals surface area contributed by atoms with Crippen LogP contribution in [0.25, 0.3) is 0 Å². The number of hydroxylamine groups is 2. The second-order valence-corrected chi connectivity index (χ2v) is 7.46. The molecule has 1 aliphatic heterocycles. The van der Waals surface area contributed by atoms with Crippen molar-refractivity contribution < 1.29 is 9.57 Å². The number of benzene rings is 1. The second-order valence-electron chi connectivity index (χ2n) is 7.46. The minimum Gasteiger partial charge on any atom is -0.348 e. The third kappa shape index (κ3) is 2.62. The summed E-state index contributed by atoms with van der Waals surface area (Å²) in [5.41, 5.74) is 2.12. The fourth-order valence-electron chi connectivity index (χ4n) is 3.05. The van der Waals surface area contributed by atoms with E-state index in [2.05, 4.69) is 57.0 Å². The van der Waals surface area contributed by atoms with Crippen LogP contribution in [0.4, 0.5) is 0 Å². The Morgan fingerprint density at radius 1 is 0.950 bits per heavy atom. The molecule has 1 aromatic rings. The highest BCUT2D eigenvalue weighted by Crippen LogP contribution is 2.49. The molecule has 112 valence electrons. The van der Waals surface area contributed by atoms with Crippen molar-refractivity contribution in [2.75, 3.05) is 6.79 Å². The van der Waals surface area contributed by atoms with Gasteiger partial charge in [-0.15, -0.1) is 0 Å². The Labute approximate surface area is 122 Å². The van der Waals surface area contributed by atoms with Gasteiger partial charge in [0.15, 0.2) is 6.79 Å². The quantitative estimate of drug-likeness (QED) is 0.774. The van der Waals surface area contributed by atoms with Crippen molar-refractivity contribution in [3.63, 3.8) is 0 Å². The molecule has 3 heteroatoms. The molecule has 0 saturated carbocycles. The number of hydrogen-bond acceptors (Lipinski definition) is 3. The molecule has 0 fully saturated rings. The first-order chi connectivity index (χ1) is 9.07. The van der Waals surface area contributed by atoms with Crippen molar-refractivity contribution in [3.05, 3.63) is 35.4 Å². The van der Waals surface area contributed by atoms with Gasteiger partial charge in [-0.05, 0) is 59.6 Å². The molecule has 1 aromatic carbocycles. The van der Waals surface area contributed by atoms with Gasteiger partial charge in [0, 0.05) is 0 Å². The molecule has 20 heavy (non-hydrogen) atoms. The van der Waals surface area contributed by atoms with E-state index in [1.165, 1.54) is 11.1 Å². The van der Waals surface area contributed by atoms with E-state index in [9.17, 15) is 0 Å². The van der Waals surface area contributed by atoms with Gasteiger partial charge >= 0.3 is 0 Å². The van der Waals surface area contributed by atoms with Crippen molar-refractivity contribution in [2.45, 2.75) is 65.1 Å². The van der Waals surface area contributed by atoms with Gasteiger partial charge in [0.25, 0.3) is 0 Å². The zero-order chi connectivity index (χ0) is 15.2. The monoisotopic (exact) mass is 277 g/mol. The van der Waals surface area contributed by atoms with Crippen LogP contribution in [0, 0.1) is 0 Å². The number of ether oxygens (including phenoxy) is 1. The summed E-state index contributed by atoms with van der Waals surface area (Å²) in [6.45, 7) is 15.1. The number of hydrogen-bond donors (Lipinski definition) is 0. The van der Waals surface area contributed by atoms with E-state index >= 15 is 0 Å². The van der Waals surface area contributed by atoms with Gasteiger partial charge in [0.1, 0.15) is 0 Å². The minimum absolute atomic E-state index is 0.165. The fourth-order valence-corrected chi connectivity index (χ4v) is 3.05. The fraction of sp³-hybridized carbons (Fsp3) is 0.647. The Kier molecular flexibility index (Phi) is 3.74. The summed E-state index contributed by atoms with van der Waals surface area (Å²) >= 11 is 0. The topological polar surface area (TPSA) is 21.7 Å². The van der Waals surface area contributed by atoms with E-state index in [4.69, 9.17) is 9.57 Å². The summed E-state index contributed by atoms with van der Waals surface area (Å²) in [7, 11) is 0. The Hall–Kier alpha value is -0.900. The first-order valence-electron chi connectivity index (χ1n) is 7.24. The second kappa shape index (κ2) is 4.83. The van der Waals surface area contributed by atoms with Gasteiger partial charge < -0.3 is 4.74 Å². The highest BCUT2D eigenvalue weighted by atomic mass is 16.8. The van der Waals surface area contributed by atoms with Crippen LogP contribution in [0.1, 0.15) is 59.6 Å². The van der Waals surface area contributed by atoms with Gasteiger partial charge in [-0.3, -0.25) is 4.84 Å².